The number of aromatic nitrogens is 1. The molecule has 2 amide bonds. The normalized spacial score (nSPS) is 13.0. The number of aryl methyl sites for hydroxylation is 2. The fourth-order valence-corrected chi connectivity index (χ4v) is 3.07. The highest BCUT2D eigenvalue weighted by atomic mass is 19.1. The molecule has 0 aliphatic heterocycles. The summed E-state index contributed by atoms with van der Waals surface area (Å²) >= 11 is 0. The van der Waals surface area contributed by atoms with E-state index in [1.807, 2.05) is 13.8 Å². The van der Waals surface area contributed by atoms with E-state index in [-0.39, 0.29) is 30.0 Å². The van der Waals surface area contributed by atoms with E-state index < -0.39 is 5.82 Å². The van der Waals surface area contributed by atoms with Crippen LogP contribution in [0.5, 0.6) is 5.75 Å². The lowest BCUT2D eigenvalue weighted by atomic mass is 10.2. The van der Waals surface area contributed by atoms with Crippen molar-refractivity contribution in [2.24, 2.45) is 5.92 Å². The Morgan fingerprint density at radius 2 is 1.97 bits per heavy atom. The van der Waals surface area contributed by atoms with Crippen molar-refractivity contribution in [3.8, 4) is 5.75 Å². The second-order valence-electron chi connectivity index (χ2n) is 7.53. The van der Waals surface area contributed by atoms with Crippen molar-refractivity contribution < 1.29 is 23.2 Å². The van der Waals surface area contributed by atoms with Crippen molar-refractivity contribution in [2.75, 3.05) is 10.6 Å². The Bertz CT molecular complexity index is 1120. The maximum Gasteiger partial charge on any atom is 0.255 e. The Morgan fingerprint density at radius 3 is 2.68 bits per heavy atom. The summed E-state index contributed by atoms with van der Waals surface area (Å²) in [6.45, 7) is 3.92. The Labute approximate surface area is 178 Å². The summed E-state index contributed by atoms with van der Waals surface area (Å²) in [5.74, 6) is 0.0170. The average molecular weight is 423 g/mol. The van der Waals surface area contributed by atoms with Crippen LogP contribution in [0.1, 0.15) is 40.2 Å². The zero-order valence-corrected chi connectivity index (χ0v) is 17.2. The van der Waals surface area contributed by atoms with Crippen LogP contribution >= 0.6 is 0 Å². The van der Waals surface area contributed by atoms with Crippen LogP contribution in [0.3, 0.4) is 0 Å². The first kappa shape index (κ1) is 20.6. The van der Waals surface area contributed by atoms with Crippen molar-refractivity contribution in [3.05, 3.63) is 70.9 Å². The van der Waals surface area contributed by atoms with E-state index in [1.165, 1.54) is 18.2 Å². The van der Waals surface area contributed by atoms with Crippen LogP contribution in [0.25, 0.3) is 0 Å². The molecule has 0 spiro atoms. The molecule has 0 atom stereocenters. The molecule has 1 fully saturated rings. The van der Waals surface area contributed by atoms with Gasteiger partial charge in [-0.2, -0.15) is 0 Å². The first-order chi connectivity index (χ1) is 14.9. The number of hydrogen-bond acceptors (Lipinski definition) is 5. The van der Waals surface area contributed by atoms with E-state index in [2.05, 4.69) is 15.8 Å². The third-order valence-electron chi connectivity index (χ3n) is 5.09. The smallest absolute Gasteiger partial charge is 0.255 e. The van der Waals surface area contributed by atoms with Gasteiger partial charge in [-0.1, -0.05) is 11.2 Å². The summed E-state index contributed by atoms with van der Waals surface area (Å²) in [7, 11) is 0. The molecule has 0 unspecified atom stereocenters. The van der Waals surface area contributed by atoms with Gasteiger partial charge in [-0.3, -0.25) is 9.59 Å². The van der Waals surface area contributed by atoms with Crippen molar-refractivity contribution >= 4 is 23.2 Å². The fraction of sp³-hybridized carbons (Fsp3) is 0.261. The molecule has 0 saturated heterocycles. The Morgan fingerprint density at radius 1 is 1.16 bits per heavy atom. The highest BCUT2D eigenvalue weighted by Crippen LogP contribution is 2.31. The van der Waals surface area contributed by atoms with Gasteiger partial charge >= 0.3 is 0 Å². The van der Waals surface area contributed by atoms with E-state index in [0.717, 1.165) is 24.1 Å². The van der Waals surface area contributed by atoms with Crippen molar-refractivity contribution in [1.82, 2.24) is 5.16 Å². The molecule has 7 nitrogen and oxygen atoms in total. The molecule has 4 rings (SSSR count). The second kappa shape index (κ2) is 8.59. The first-order valence-corrected chi connectivity index (χ1v) is 9.97. The Hall–Kier alpha value is -3.68. The highest BCUT2D eigenvalue weighted by molar-refractivity contribution is 6.05. The quantitative estimate of drug-likeness (QED) is 0.579. The molecule has 1 saturated carbocycles. The van der Waals surface area contributed by atoms with Gasteiger partial charge in [0.15, 0.2) is 0 Å². The number of halogens is 1. The molecular weight excluding hydrogens is 401 g/mol. The van der Waals surface area contributed by atoms with Crippen molar-refractivity contribution in [3.63, 3.8) is 0 Å². The number of nitrogens with one attached hydrogen (secondary N) is 2. The SMILES string of the molecule is Cc1noc(C)c1COc1cccc(C(=O)Nc2ccc(F)c(NC(=O)C3CC3)c2)c1. The Kier molecular flexibility index (Phi) is 5.70. The van der Waals surface area contributed by atoms with Gasteiger partial charge < -0.3 is 19.9 Å². The van der Waals surface area contributed by atoms with Crippen LogP contribution in [0.2, 0.25) is 0 Å². The van der Waals surface area contributed by atoms with Crippen LogP contribution in [0.4, 0.5) is 15.8 Å². The topological polar surface area (TPSA) is 93.5 Å². The van der Waals surface area contributed by atoms with E-state index >= 15 is 0 Å². The number of ether oxygens (including phenoxy) is 1. The lowest BCUT2D eigenvalue weighted by Gasteiger charge is -2.11. The minimum absolute atomic E-state index is 0.0474. The molecule has 1 aromatic heterocycles. The largest absolute Gasteiger partial charge is 0.489 e. The molecule has 160 valence electrons. The van der Waals surface area contributed by atoms with Crippen LogP contribution in [-0.4, -0.2) is 17.0 Å². The standard InChI is InChI=1S/C23H22FN3O4/c1-13-19(14(2)31-27-13)12-30-18-5-3-4-16(10-18)23(29)25-17-8-9-20(24)21(11-17)26-22(28)15-6-7-15/h3-5,8-11,15H,6-7,12H2,1-2H3,(H,25,29)(H,26,28). The zero-order valence-electron chi connectivity index (χ0n) is 17.2. The van der Waals surface area contributed by atoms with Crippen molar-refractivity contribution in [1.29, 1.82) is 0 Å². The van der Waals surface area contributed by atoms with Gasteiger partial charge in [0.25, 0.3) is 5.91 Å². The third-order valence-corrected chi connectivity index (χ3v) is 5.09. The zero-order chi connectivity index (χ0) is 22.0. The number of hydrogen-bond donors (Lipinski definition) is 2. The molecule has 1 aliphatic carbocycles. The van der Waals surface area contributed by atoms with Gasteiger partial charge in [0, 0.05) is 17.2 Å². The lowest BCUT2D eigenvalue weighted by Crippen LogP contribution is -2.16. The molecule has 8 heteroatoms. The summed E-state index contributed by atoms with van der Waals surface area (Å²) in [6.07, 6.45) is 1.64. The van der Waals surface area contributed by atoms with E-state index in [1.54, 1.807) is 24.3 Å². The summed E-state index contributed by atoms with van der Waals surface area (Å²) in [4.78, 5) is 24.6. The minimum Gasteiger partial charge on any atom is -0.489 e. The van der Waals surface area contributed by atoms with Gasteiger partial charge in [0.05, 0.1) is 16.9 Å². The number of benzene rings is 2. The van der Waals surface area contributed by atoms with E-state index in [9.17, 15) is 14.0 Å². The summed E-state index contributed by atoms with van der Waals surface area (Å²) in [5.41, 5.74) is 2.42. The maximum atomic E-state index is 14.0. The number of nitrogens with zero attached hydrogens (tertiary/aromatic N) is 1. The number of amides is 2. The molecule has 2 aromatic carbocycles. The average Bonchev–Trinajstić information content (AvgIpc) is 3.55. The lowest BCUT2D eigenvalue weighted by molar-refractivity contribution is -0.117. The van der Waals surface area contributed by atoms with E-state index in [0.29, 0.717) is 22.8 Å². The molecule has 0 bridgehead atoms. The van der Waals surface area contributed by atoms with Gasteiger partial charge in [-0.05, 0) is 63.1 Å². The Balaban J connectivity index is 1.42. The number of rotatable bonds is 7. The van der Waals surface area contributed by atoms with Gasteiger partial charge in [0.1, 0.15) is 23.9 Å². The first-order valence-electron chi connectivity index (χ1n) is 9.97. The van der Waals surface area contributed by atoms with Gasteiger partial charge in [-0.15, -0.1) is 0 Å². The number of carbonyl (C=O) groups excluding carboxylic acids is 2. The van der Waals surface area contributed by atoms with Crippen LogP contribution in [-0.2, 0) is 11.4 Å². The summed E-state index contributed by atoms with van der Waals surface area (Å²) < 4.78 is 24.9. The van der Waals surface area contributed by atoms with Crippen LogP contribution in [0.15, 0.2) is 47.0 Å². The van der Waals surface area contributed by atoms with E-state index in [4.69, 9.17) is 9.26 Å². The third kappa shape index (κ3) is 4.91. The number of carbonyl (C=O) groups is 2. The summed E-state index contributed by atoms with van der Waals surface area (Å²) in [6, 6.07) is 10.8. The molecule has 2 N–H and O–H groups in total. The predicted molar refractivity (Wildman–Crippen MR) is 112 cm³/mol. The van der Waals surface area contributed by atoms with Gasteiger partial charge in [0.2, 0.25) is 5.91 Å². The molecule has 3 aromatic rings. The molecule has 0 radical (unpaired) electrons. The monoisotopic (exact) mass is 423 g/mol. The van der Waals surface area contributed by atoms with Crippen LogP contribution < -0.4 is 15.4 Å². The molecule has 1 aliphatic rings. The van der Waals surface area contributed by atoms with Crippen molar-refractivity contribution in [2.45, 2.75) is 33.3 Å². The maximum absolute atomic E-state index is 14.0. The molecular formula is C23H22FN3O4. The second-order valence-corrected chi connectivity index (χ2v) is 7.53. The van der Waals surface area contributed by atoms with Crippen LogP contribution in [0, 0.1) is 25.6 Å². The molecule has 1 heterocycles. The fourth-order valence-electron chi connectivity index (χ4n) is 3.07. The predicted octanol–water partition coefficient (Wildman–Crippen LogP) is 4.61. The van der Waals surface area contributed by atoms with Gasteiger partial charge in [-0.25, -0.2) is 4.39 Å². The number of anilines is 2. The minimum atomic E-state index is -0.554. The summed E-state index contributed by atoms with van der Waals surface area (Å²) in [5, 5.41) is 9.19. The molecule has 31 heavy (non-hydrogen) atoms. The highest BCUT2D eigenvalue weighted by Gasteiger charge is 2.30.